The van der Waals surface area contributed by atoms with E-state index in [1.165, 1.54) is 6.29 Å². The van der Waals surface area contributed by atoms with Crippen molar-refractivity contribution in [1.82, 2.24) is 5.32 Å². The SMILES string of the molecule is O=[C][C@H](CC(=O)O)NC(=O)CCC(=O)O. The molecule has 3 N–H and O–H groups in total. The third-order valence-electron chi connectivity index (χ3n) is 1.42. The summed E-state index contributed by atoms with van der Waals surface area (Å²) in [5.41, 5.74) is 0. The number of carboxylic acid groups (broad SMARTS) is 2. The average Bonchev–Trinajstić information content (AvgIpc) is 2.13. The zero-order valence-electron chi connectivity index (χ0n) is 7.73. The van der Waals surface area contributed by atoms with Gasteiger partial charge in [0.15, 0.2) is 0 Å². The van der Waals surface area contributed by atoms with Crippen LogP contribution in [-0.2, 0) is 19.2 Å². The van der Waals surface area contributed by atoms with Gasteiger partial charge in [-0.25, -0.2) is 0 Å². The number of amides is 1. The van der Waals surface area contributed by atoms with Crippen LogP contribution in [0, 0.1) is 0 Å². The smallest absolute Gasteiger partial charge is 0.305 e. The number of carboxylic acids is 2. The van der Waals surface area contributed by atoms with Gasteiger partial charge < -0.3 is 15.5 Å². The van der Waals surface area contributed by atoms with Crippen molar-refractivity contribution in [2.24, 2.45) is 0 Å². The molecule has 0 fully saturated rings. The Morgan fingerprint density at radius 2 is 1.73 bits per heavy atom. The fourth-order valence-corrected chi connectivity index (χ4v) is 0.784. The topological polar surface area (TPSA) is 121 Å². The van der Waals surface area contributed by atoms with Crippen LogP contribution >= 0.6 is 0 Å². The van der Waals surface area contributed by atoms with E-state index < -0.39 is 30.3 Å². The predicted molar refractivity (Wildman–Crippen MR) is 46.7 cm³/mol. The number of hydrogen-bond donors (Lipinski definition) is 3. The molecule has 0 aromatic carbocycles. The van der Waals surface area contributed by atoms with Gasteiger partial charge in [0.2, 0.25) is 12.2 Å². The Bertz CT molecular complexity index is 274. The summed E-state index contributed by atoms with van der Waals surface area (Å²) in [4.78, 5) is 41.4. The van der Waals surface area contributed by atoms with Gasteiger partial charge in [-0.1, -0.05) is 0 Å². The number of nitrogens with one attached hydrogen (secondary N) is 1. The van der Waals surface area contributed by atoms with E-state index in [0.29, 0.717) is 0 Å². The maximum Gasteiger partial charge on any atom is 0.305 e. The molecular formula is C8H10NO6. The molecule has 0 aromatic rings. The third kappa shape index (κ3) is 7.17. The number of aliphatic carboxylic acids is 2. The fourth-order valence-electron chi connectivity index (χ4n) is 0.784. The Kier molecular flexibility index (Phi) is 5.69. The zero-order chi connectivity index (χ0) is 11.8. The molecule has 1 radical (unpaired) electrons. The highest BCUT2D eigenvalue weighted by atomic mass is 16.4. The lowest BCUT2D eigenvalue weighted by atomic mass is 10.2. The van der Waals surface area contributed by atoms with E-state index in [0.717, 1.165) is 0 Å². The van der Waals surface area contributed by atoms with E-state index in [1.54, 1.807) is 0 Å². The zero-order valence-corrected chi connectivity index (χ0v) is 7.73. The Labute approximate surface area is 85.1 Å². The predicted octanol–water partition coefficient (Wildman–Crippen LogP) is -1.08. The second kappa shape index (κ2) is 6.52. The minimum Gasteiger partial charge on any atom is -0.481 e. The molecule has 0 aliphatic rings. The van der Waals surface area contributed by atoms with Gasteiger partial charge in [-0.15, -0.1) is 0 Å². The van der Waals surface area contributed by atoms with Gasteiger partial charge in [0.25, 0.3) is 0 Å². The molecule has 0 bridgehead atoms. The van der Waals surface area contributed by atoms with Crippen molar-refractivity contribution in [3.05, 3.63) is 0 Å². The molecule has 0 unspecified atom stereocenters. The molecule has 15 heavy (non-hydrogen) atoms. The molecule has 0 heterocycles. The van der Waals surface area contributed by atoms with Crippen LogP contribution in [0.1, 0.15) is 19.3 Å². The lowest BCUT2D eigenvalue weighted by Gasteiger charge is -2.08. The molecule has 1 amide bonds. The normalized spacial score (nSPS) is 11.5. The van der Waals surface area contributed by atoms with E-state index >= 15 is 0 Å². The summed E-state index contributed by atoms with van der Waals surface area (Å²) in [7, 11) is 0. The van der Waals surface area contributed by atoms with Gasteiger partial charge in [-0.05, 0) is 0 Å². The van der Waals surface area contributed by atoms with Crippen molar-refractivity contribution in [2.75, 3.05) is 0 Å². The van der Waals surface area contributed by atoms with Crippen LogP contribution in [0.3, 0.4) is 0 Å². The van der Waals surface area contributed by atoms with E-state index in [-0.39, 0.29) is 12.8 Å². The Hall–Kier alpha value is -1.92. The molecule has 0 saturated heterocycles. The first-order chi connectivity index (χ1) is 6.95. The van der Waals surface area contributed by atoms with Crippen molar-refractivity contribution >= 4 is 24.1 Å². The summed E-state index contributed by atoms with van der Waals surface area (Å²) in [5.74, 6) is -3.08. The van der Waals surface area contributed by atoms with Crippen LogP contribution in [0.5, 0.6) is 0 Å². The molecule has 7 nitrogen and oxygen atoms in total. The first-order valence-electron chi connectivity index (χ1n) is 4.06. The largest absolute Gasteiger partial charge is 0.481 e. The van der Waals surface area contributed by atoms with Gasteiger partial charge in [-0.3, -0.25) is 19.2 Å². The summed E-state index contributed by atoms with van der Waals surface area (Å²) >= 11 is 0. The quantitative estimate of drug-likeness (QED) is 0.497. The van der Waals surface area contributed by atoms with E-state index in [1.807, 2.05) is 5.32 Å². The molecule has 0 aliphatic carbocycles. The highest BCUT2D eigenvalue weighted by Crippen LogP contribution is 1.93. The number of carbonyl (C=O) groups is 3. The fraction of sp³-hybridized carbons (Fsp3) is 0.500. The maximum absolute atomic E-state index is 11.0. The maximum atomic E-state index is 11.0. The summed E-state index contributed by atoms with van der Waals surface area (Å²) in [6, 6.07) is -1.23. The molecule has 0 rings (SSSR count). The molecule has 1 atom stereocenters. The third-order valence-corrected chi connectivity index (χ3v) is 1.42. The molecule has 7 heteroatoms. The van der Waals surface area contributed by atoms with E-state index in [9.17, 15) is 19.2 Å². The van der Waals surface area contributed by atoms with Crippen molar-refractivity contribution in [1.29, 1.82) is 0 Å². The standard InChI is InChI=1S/C8H10NO6/c10-4-5(3-8(14)15)9-6(11)1-2-7(12)13/h5H,1-3H2,(H,9,11)(H,12,13)(H,14,15)/t5-/m0/s1. The van der Waals surface area contributed by atoms with Crippen LogP contribution in [-0.4, -0.2) is 40.4 Å². The van der Waals surface area contributed by atoms with Crippen LogP contribution < -0.4 is 5.32 Å². The summed E-state index contributed by atoms with van der Waals surface area (Å²) in [5, 5.41) is 18.6. The molecule has 0 aliphatic heterocycles. The lowest BCUT2D eigenvalue weighted by molar-refractivity contribution is -0.139. The highest BCUT2D eigenvalue weighted by molar-refractivity contribution is 5.84. The first kappa shape index (κ1) is 13.1. The summed E-state index contributed by atoms with van der Waals surface area (Å²) in [6.07, 6.45) is 0.106. The highest BCUT2D eigenvalue weighted by Gasteiger charge is 2.16. The van der Waals surface area contributed by atoms with Crippen LogP contribution in [0.2, 0.25) is 0 Å². The van der Waals surface area contributed by atoms with Gasteiger partial charge in [0.05, 0.1) is 12.8 Å². The minimum atomic E-state index is -1.25. The lowest BCUT2D eigenvalue weighted by Crippen LogP contribution is -2.37. The van der Waals surface area contributed by atoms with Crippen LogP contribution in [0.25, 0.3) is 0 Å². The van der Waals surface area contributed by atoms with Gasteiger partial charge >= 0.3 is 11.9 Å². The molecule has 0 aromatic heterocycles. The molecular weight excluding hydrogens is 206 g/mol. The molecule has 0 spiro atoms. The number of carbonyl (C=O) groups excluding carboxylic acids is 2. The Morgan fingerprint density at radius 1 is 1.13 bits per heavy atom. The summed E-state index contributed by atoms with van der Waals surface area (Å²) in [6.45, 7) is 0. The van der Waals surface area contributed by atoms with Gasteiger partial charge in [-0.2, -0.15) is 0 Å². The van der Waals surface area contributed by atoms with Gasteiger partial charge in [0.1, 0.15) is 6.04 Å². The van der Waals surface area contributed by atoms with Crippen molar-refractivity contribution in [3.63, 3.8) is 0 Å². The van der Waals surface area contributed by atoms with Crippen molar-refractivity contribution in [2.45, 2.75) is 25.3 Å². The number of rotatable bonds is 7. The van der Waals surface area contributed by atoms with Crippen molar-refractivity contribution < 1.29 is 29.4 Å². The average molecular weight is 216 g/mol. The van der Waals surface area contributed by atoms with Gasteiger partial charge in [0, 0.05) is 6.42 Å². The van der Waals surface area contributed by atoms with Crippen LogP contribution in [0.15, 0.2) is 0 Å². The Balaban J connectivity index is 3.95. The first-order valence-corrected chi connectivity index (χ1v) is 4.06. The second-order valence-corrected chi connectivity index (χ2v) is 2.73. The van der Waals surface area contributed by atoms with E-state index in [2.05, 4.69) is 0 Å². The second-order valence-electron chi connectivity index (χ2n) is 2.73. The molecule has 0 saturated carbocycles. The molecule has 83 valence electrons. The number of hydrogen-bond acceptors (Lipinski definition) is 4. The monoisotopic (exact) mass is 216 g/mol. The van der Waals surface area contributed by atoms with Crippen molar-refractivity contribution in [3.8, 4) is 0 Å². The Morgan fingerprint density at radius 3 is 2.13 bits per heavy atom. The van der Waals surface area contributed by atoms with E-state index in [4.69, 9.17) is 10.2 Å². The summed E-state index contributed by atoms with van der Waals surface area (Å²) < 4.78 is 0. The minimum absolute atomic E-state index is 0.298. The van der Waals surface area contributed by atoms with Crippen LogP contribution in [0.4, 0.5) is 0 Å².